The van der Waals surface area contributed by atoms with Crippen molar-refractivity contribution in [3.8, 4) is 5.88 Å². The van der Waals surface area contributed by atoms with Crippen LogP contribution in [0.3, 0.4) is 0 Å². The maximum atomic E-state index is 8.76. The minimum absolute atomic E-state index is 0.0495. The fourth-order valence-corrected chi connectivity index (χ4v) is 2.44. The Morgan fingerprint density at radius 1 is 1.26 bits per heavy atom. The number of para-hydroxylation sites is 1. The molecule has 2 N–H and O–H groups in total. The van der Waals surface area contributed by atoms with Gasteiger partial charge in [-0.3, -0.25) is 9.67 Å². The molecule has 0 aliphatic heterocycles. The van der Waals surface area contributed by atoms with Gasteiger partial charge in [0.2, 0.25) is 5.88 Å². The normalized spacial score (nSPS) is 10.9. The lowest BCUT2D eigenvalue weighted by Gasteiger charge is -2.07. The van der Waals surface area contributed by atoms with Crippen LogP contribution in [0.1, 0.15) is 5.69 Å². The first kappa shape index (κ1) is 15.2. The van der Waals surface area contributed by atoms with E-state index in [-0.39, 0.29) is 13.2 Å². The molecule has 0 unspecified atom stereocenters. The quantitative estimate of drug-likeness (QED) is 0.685. The van der Waals surface area contributed by atoms with E-state index < -0.39 is 0 Å². The summed E-state index contributed by atoms with van der Waals surface area (Å²) in [6.45, 7) is 0.850. The zero-order valence-electron chi connectivity index (χ0n) is 12.9. The van der Waals surface area contributed by atoms with Gasteiger partial charge in [0.05, 0.1) is 30.2 Å². The van der Waals surface area contributed by atoms with Crippen molar-refractivity contribution in [3.05, 3.63) is 42.4 Å². The van der Waals surface area contributed by atoms with E-state index in [0.717, 1.165) is 17.6 Å². The summed E-state index contributed by atoms with van der Waals surface area (Å²) in [4.78, 5) is 8.34. The molecule has 7 heteroatoms. The van der Waals surface area contributed by atoms with Crippen LogP contribution in [0.4, 0.5) is 5.82 Å². The number of benzene rings is 1. The number of nitrogens with one attached hydrogen (secondary N) is 1. The minimum atomic E-state index is -0.0495. The van der Waals surface area contributed by atoms with Crippen LogP contribution in [0.15, 0.2) is 36.7 Å². The van der Waals surface area contributed by atoms with Crippen LogP contribution >= 0.6 is 0 Å². The zero-order valence-corrected chi connectivity index (χ0v) is 12.9. The first-order valence-electron chi connectivity index (χ1n) is 7.48. The molecule has 3 rings (SSSR count). The Labute approximate surface area is 133 Å². The van der Waals surface area contributed by atoms with E-state index in [4.69, 9.17) is 9.84 Å². The van der Waals surface area contributed by atoms with Gasteiger partial charge in [0.1, 0.15) is 12.4 Å². The number of fused-ring (bicyclic) bond motifs is 1. The molecule has 0 fully saturated rings. The Balaban J connectivity index is 1.62. The number of aliphatic hydroxyl groups is 1. The maximum Gasteiger partial charge on any atom is 0.234 e. The lowest BCUT2D eigenvalue weighted by atomic mass is 10.2. The highest BCUT2D eigenvalue weighted by Crippen LogP contribution is 2.18. The molecule has 0 aliphatic carbocycles. The lowest BCUT2D eigenvalue weighted by molar-refractivity contribution is 0.196. The molecule has 0 spiro atoms. The highest BCUT2D eigenvalue weighted by molar-refractivity contribution is 5.81. The monoisotopic (exact) mass is 313 g/mol. The molecule has 0 atom stereocenters. The molecule has 2 heterocycles. The number of hydrogen-bond donors (Lipinski definition) is 2. The number of aromatic nitrogens is 4. The third-order valence-corrected chi connectivity index (χ3v) is 3.46. The van der Waals surface area contributed by atoms with Gasteiger partial charge in [-0.2, -0.15) is 10.1 Å². The van der Waals surface area contributed by atoms with E-state index in [9.17, 15) is 0 Å². The van der Waals surface area contributed by atoms with Gasteiger partial charge < -0.3 is 15.2 Å². The summed E-state index contributed by atoms with van der Waals surface area (Å²) in [5, 5.41) is 17.7. The van der Waals surface area contributed by atoms with Crippen molar-refractivity contribution in [2.45, 2.75) is 6.42 Å². The van der Waals surface area contributed by atoms with Crippen molar-refractivity contribution in [1.29, 1.82) is 0 Å². The number of aryl methyl sites for hydroxylation is 1. The van der Waals surface area contributed by atoms with Gasteiger partial charge >= 0.3 is 0 Å². The Morgan fingerprint density at radius 2 is 2.13 bits per heavy atom. The Morgan fingerprint density at radius 3 is 3.00 bits per heavy atom. The predicted molar refractivity (Wildman–Crippen MR) is 87.5 cm³/mol. The van der Waals surface area contributed by atoms with E-state index in [0.29, 0.717) is 18.2 Å². The lowest BCUT2D eigenvalue weighted by Crippen LogP contribution is -2.09. The molecule has 23 heavy (non-hydrogen) atoms. The Kier molecular flexibility index (Phi) is 4.68. The molecule has 1 aromatic carbocycles. The molecule has 0 amide bonds. The zero-order chi connectivity index (χ0) is 16.1. The van der Waals surface area contributed by atoms with Crippen LogP contribution in [0.2, 0.25) is 0 Å². The van der Waals surface area contributed by atoms with Crippen LogP contribution < -0.4 is 10.1 Å². The van der Waals surface area contributed by atoms with E-state index in [2.05, 4.69) is 32.5 Å². The smallest absolute Gasteiger partial charge is 0.234 e. The molecule has 0 aliphatic rings. The molecular weight excluding hydrogens is 294 g/mol. The van der Waals surface area contributed by atoms with Crippen molar-refractivity contribution >= 4 is 16.7 Å². The van der Waals surface area contributed by atoms with Crippen molar-refractivity contribution in [2.75, 3.05) is 25.1 Å². The summed E-state index contributed by atoms with van der Waals surface area (Å²) in [6.07, 6.45) is 3.94. The summed E-state index contributed by atoms with van der Waals surface area (Å²) >= 11 is 0. The van der Waals surface area contributed by atoms with E-state index in [1.165, 1.54) is 11.6 Å². The summed E-state index contributed by atoms with van der Waals surface area (Å²) in [6, 6.07) is 8.18. The van der Waals surface area contributed by atoms with Gasteiger partial charge in [-0.1, -0.05) is 18.2 Å². The second kappa shape index (κ2) is 7.06. The number of hydrogen-bond acceptors (Lipinski definition) is 6. The highest BCUT2D eigenvalue weighted by Gasteiger charge is 2.07. The van der Waals surface area contributed by atoms with Crippen LogP contribution in [0.5, 0.6) is 5.88 Å². The number of aliphatic hydroxyl groups excluding tert-OH is 1. The third-order valence-electron chi connectivity index (χ3n) is 3.46. The Bertz CT molecular complexity index is 787. The van der Waals surface area contributed by atoms with Gasteiger partial charge in [-0.25, -0.2) is 0 Å². The highest BCUT2D eigenvalue weighted by atomic mass is 16.5. The van der Waals surface area contributed by atoms with Gasteiger partial charge in [0.15, 0.2) is 0 Å². The molecule has 120 valence electrons. The van der Waals surface area contributed by atoms with Gasteiger partial charge in [-0.15, -0.1) is 0 Å². The second-order valence-electron chi connectivity index (χ2n) is 5.08. The predicted octanol–water partition coefficient (Wildman–Crippen LogP) is 1.39. The SMILES string of the molecule is Cn1nc(CCNc2cncc(OCCO)n2)c2ccccc21. The van der Waals surface area contributed by atoms with Crippen molar-refractivity contribution in [3.63, 3.8) is 0 Å². The molecule has 0 saturated carbocycles. The minimum Gasteiger partial charge on any atom is -0.474 e. The van der Waals surface area contributed by atoms with E-state index in [1.54, 1.807) is 6.20 Å². The number of rotatable bonds is 7. The maximum absolute atomic E-state index is 8.76. The van der Waals surface area contributed by atoms with Gasteiger partial charge in [0, 0.05) is 25.4 Å². The Hall–Kier alpha value is -2.67. The second-order valence-corrected chi connectivity index (χ2v) is 5.08. The standard InChI is InChI=1S/C16H19N5O2/c1-21-14-5-3-2-4-12(14)13(20-21)6-7-18-15-10-17-11-16(19-15)23-9-8-22/h2-5,10-11,22H,6-9H2,1H3,(H,18,19). The fourth-order valence-electron chi connectivity index (χ4n) is 2.44. The third kappa shape index (κ3) is 3.57. The fraction of sp³-hybridized carbons (Fsp3) is 0.312. The number of nitrogens with zero attached hydrogens (tertiary/aromatic N) is 4. The van der Waals surface area contributed by atoms with Gasteiger partial charge in [0.25, 0.3) is 0 Å². The van der Waals surface area contributed by atoms with Crippen LogP contribution in [0, 0.1) is 0 Å². The van der Waals surface area contributed by atoms with Crippen molar-refractivity contribution in [1.82, 2.24) is 19.7 Å². The molecule has 7 nitrogen and oxygen atoms in total. The van der Waals surface area contributed by atoms with Gasteiger partial charge in [-0.05, 0) is 6.07 Å². The summed E-state index contributed by atoms with van der Waals surface area (Å²) < 4.78 is 7.14. The van der Waals surface area contributed by atoms with Crippen molar-refractivity contribution < 1.29 is 9.84 Å². The molecule has 3 aromatic rings. The van der Waals surface area contributed by atoms with Crippen LogP contribution in [-0.4, -0.2) is 44.6 Å². The topological polar surface area (TPSA) is 85.1 Å². The first-order valence-corrected chi connectivity index (χ1v) is 7.48. The molecule has 0 saturated heterocycles. The first-order chi connectivity index (χ1) is 11.3. The average Bonchev–Trinajstić information content (AvgIpc) is 2.90. The average molecular weight is 313 g/mol. The molecule has 2 aromatic heterocycles. The summed E-state index contributed by atoms with van der Waals surface area (Å²) in [5.41, 5.74) is 2.18. The summed E-state index contributed by atoms with van der Waals surface area (Å²) in [7, 11) is 1.95. The van der Waals surface area contributed by atoms with E-state index >= 15 is 0 Å². The van der Waals surface area contributed by atoms with Crippen molar-refractivity contribution in [2.24, 2.45) is 7.05 Å². The molecule has 0 radical (unpaired) electrons. The van der Waals surface area contributed by atoms with E-state index in [1.807, 2.05) is 23.9 Å². The van der Waals surface area contributed by atoms with Crippen LogP contribution in [-0.2, 0) is 13.5 Å². The molecule has 0 bridgehead atoms. The molecular formula is C16H19N5O2. The summed E-state index contributed by atoms with van der Waals surface area (Å²) in [5.74, 6) is 1.04. The number of anilines is 1. The number of ether oxygens (including phenoxy) is 1. The van der Waals surface area contributed by atoms with Crippen LogP contribution in [0.25, 0.3) is 10.9 Å². The largest absolute Gasteiger partial charge is 0.474 e.